The van der Waals surface area contributed by atoms with Crippen LogP contribution in [-0.4, -0.2) is 60.1 Å². The van der Waals surface area contributed by atoms with E-state index >= 15 is 0 Å². The number of rotatable bonds is 4. The van der Waals surface area contributed by atoms with Crippen molar-refractivity contribution in [1.29, 1.82) is 0 Å². The molecule has 0 radical (unpaired) electrons. The van der Waals surface area contributed by atoms with Gasteiger partial charge in [0.2, 0.25) is 11.0 Å². The smallest absolute Gasteiger partial charge is 0.227 e. The van der Waals surface area contributed by atoms with E-state index in [2.05, 4.69) is 14.3 Å². The molecule has 22 heavy (non-hydrogen) atoms. The number of hydrogen-bond donors (Lipinski definition) is 0. The van der Waals surface area contributed by atoms with Crippen LogP contribution < -0.4 is 4.90 Å². The van der Waals surface area contributed by atoms with Crippen molar-refractivity contribution in [3.63, 3.8) is 0 Å². The van der Waals surface area contributed by atoms with Gasteiger partial charge in [-0.3, -0.25) is 4.79 Å². The molecule has 6 nitrogen and oxygen atoms in total. The standard InChI is InChI=1S/C15H24N4O2S/c1-11-16-15(22-17-11)19-6-3-12(4-7-19)9-18(2)14(20)13-5-8-21-10-13/h12-13H,3-10H2,1-2H3. The van der Waals surface area contributed by atoms with Crippen molar-refractivity contribution in [2.24, 2.45) is 11.8 Å². The van der Waals surface area contributed by atoms with Crippen molar-refractivity contribution in [3.05, 3.63) is 5.82 Å². The van der Waals surface area contributed by atoms with Gasteiger partial charge >= 0.3 is 0 Å². The molecule has 0 aromatic carbocycles. The van der Waals surface area contributed by atoms with Gasteiger partial charge in [0.15, 0.2) is 0 Å². The molecule has 1 amide bonds. The van der Waals surface area contributed by atoms with Gasteiger partial charge in [-0.15, -0.1) is 0 Å². The fraction of sp³-hybridized carbons (Fsp3) is 0.800. The molecule has 3 heterocycles. The zero-order valence-electron chi connectivity index (χ0n) is 13.3. The van der Waals surface area contributed by atoms with E-state index in [4.69, 9.17) is 4.74 Å². The molecule has 0 spiro atoms. The summed E-state index contributed by atoms with van der Waals surface area (Å²) in [5.41, 5.74) is 0. The zero-order valence-corrected chi connectivity index (χ0v) is 14.1. The SMILES string of the molecule is Cc1nsc(N2CCC(CN(C)C(=O)C3CCOC3)CC2)n1. The summed E-state index contributed by atoms with van der Waals surface area (Å²) in [6.45, 7) is 6.13. The minimum Gasteiger partial charge on any atom is -0.381 e. The highest BCUT2D eigenvalue weighted by molar-refractivity contribution is 7.09. The van der Waals surface area contributed by atoms with Gasteiger partial charge in [-0.2, -0.15) is 4.37 Å². The van der Waals surface area contributed by atoms with E-state index in [-0.39, 0.29) is 11.8 Å². The van der Waals surface area contributed by atoms with Gasteiger partial charge in [-0.25, -0.2) is 4.98 Å². The van der Waals surface area contributed by atoms with Crippen molar-refractivity contribution in [3.8, 4) is 0 Å². The van der Waals surface area contributed by atoms with E-state index in [0.717, 1.165) is 56.5 Å². The van der Waals surface area contributed by atoms with Gasteiger partial charge < -0.3 is 14.5 Å². The van der Waals surface area contributed by atoms with Crippen molar-refractivity contribution in [2.75, 3.05) is 44.8 Å². The largest absolute Gasteiger partial charge is 0.381 e. The summed E-state index contributed by atoms with van der Waals surface area (Å²) in [6, 6.07) is 0. The van der Waals surface area contributed by atoms with Gasteiger partial charge in [0.05, 0.1) is 12.5 Å². The maximum absolute atomic E-state index is 12.3. The van der Waals surface area contributed by atoms with Crippen LogP contribution in [0.15, 0.2) is 0 Å². The highest BCUT2D eigenvalue weighted by Gasteiger charge is 2.29. The number of carbonyl (C=O) groups excluding carboxylic acids is 1. The highest BCUT2D eigenvalue weighted by Crippen LogP contribution is 2.25. The molecule has 0 saturated carbocycles. The Morgan fingerprint density at radius 1 is 1.41 bits per heavy atom. The Kier molecular flexibility index (Phi) is 4.93. The van der Waals surface area contributed by atoms with Crippen molar-refractivity contribution >= 4 is 22.6 Å². The summed E-state index contributed by atoms with van der Waals surface area (Å²) in [5.74, 6) is 1.77. The minimum absolute atomic E-state index is 0.0782. The number of carbonyl (C=O) groups is 1. The Morgan fingerprint density at radius 3 is 2.77 bits per heavy atom. The second-order valence-electron chi connectivity index (χ2n) is 6.33. The number of aromatic nitrogens is 2. The van der Waals surface area contributed by atoms with Gasteiger partial charge in [0, 0.05) is 44.8 Å². The van der Waals surface area contributed by atoms with Crippen LogP contribution in [0.25, 0.3) is 0 Å². The van der Waals surface area contributed by atoms with Gasteiger partial charge in [0.25, 0.3) is 0 Å². The predicted octanol–water partition coefficient (Wildman–Crippen LogP) is 1.56. The summed E-state index contributed by atoms with van der Waals surface area (Å²) in [5, 5.41) is 1.03. The molecule has 1 aromatic rings. The van der Waals surface area contributed by atoms with Gasteiger partial charge in [-0.1, -0.05) is 0 Å². The lowest BCUT2D eigenvalue weighted by molar-refractivity contribution is -0.134. The third kappa shape index (κ3) is 3.57. The number of nitrogens with zero attached hydrogens (tertiary/aromatic N) is 4. The number of amides is 1. The highest BCUT2D eigenvalue weighted by atomic mass is 32.1. The van der Waals surface area contributed by atoms with E-state index in [1.807, 2.05) is 18.9 Å². The fourth-order valence-electron chi connectivity index (χ4n) is 3.24. The summed E-state index contributed by atoms with van der Waals surface area (Å²) < 4.78 is 9.57. The number of aryl methyl sites for hydroxylation is 1. The molecule has 2 aliphatic heterocycles. The first-order valence-corrected chi connectivity index (χ1v) is 8.79. The van der Waals surface area contributed by atoms with Crippen LogP contribution in [0.3, 0.4) is 0 Å². The van der Waals surface area contributed by atoms with E-state index in [1.54, 1.807) is 0 Å². The number of ether oxygens (including phenoxy) is 1. The van der Waals surface area contributed by atoms with Gasteiger partial charge in [0.1, 0.15) is 5.82 Å². The molecule has 3 rings (SSSR count). The van der Waals surface area contributed by atoms with Crippen LogP contribution >= 0.6 is 11.5 Å². The van der Waals surface area contributed by atoms with Crippen LogP contribution in [0.1, 0.15) is 25.1 Å². The predicted molar refractivity (Wildman–Crippen MR) is 86.1 cm³/mol. The van der Waals surface area contributed by atoms with E-state index < -0.39 is 0 Å². The van der Waals surface area contributed by atoms with Crippen LogP contribution in [-0.2, 0) is 9.53 Å². The molecule has 7 heteroatoms. The molecule has 2 saturated heterocycles. The lowest BCUT2D eigenvalue weighted by Gasteiger charge is -2.34. The average Bonchev–Trinajstić information content (AvgIpc) is 3.18. The molecule has 0 aliphatic carbocycles. The molecule has 1 unspecified atom stereocenters. The Labute approximate surface area is 135 Å². The molecule has 122 valence electrons. The second kappa shape index (κ2) is 6.91. The first-order chi connectivity index (χ1) is 10.6. The Bertz CT molecular complexity index is 507. The van der Waals surface area contributed by atoms with Crippen LogP contribution in [0.5, 0.6) is 0 Å². The monoisotopic (exact) mass is 324 g/mol. The first-order valence-electron chi connectivity index (χ1n) is 8.01. The lowest BCUT2D eigenvalue weighted by atomic mass is 9.96. The van der Waals surface area contributed by atoms with Gasteiger partial charge in [-0.05, 0) is 32.1 Å². The maximum atomic E-state index is 12.3. The average molecular weight is 324 g/mol. The Hall–Kier alpha value is -1.21. The second-order valence-corrected chi connectivity index (χ2v) is 7.06. The maximum Gasteiger partial charge on any atom is 0.227 e. The third-order valence-corrected chi connectivity index (χ3v) is 5.46. The summed E-state index contributed by atoms with van der Waals surface area (Å²) >= 11 is 1.48. The van der Waals surface area contributed by atoms with E-state index in [1.165, 1.54) is 11.5 Å². The van der Waals surface area contributed by atoms with Crippen molar-refractivity contribution in [2.45, 2.75) is 26.2 Å². The number of anilines is 1. The molecule has 1 atom stereocenters. The summed E-state index contributed by atoms with van der Waals surface area (Å²) in [7, 11) is 1.93. The van der Waals surface area contributed by atoms with E-state index in [0.29, 0.717) is 12.5 Å². The van der Waals surface area contributed by atoms with Crippen molar-refractivity contribution in [1.82, 2.24) is 14.3 Å². The number of hydrogen-bond acceptors (Lipinski definition) is 6. The summed E-state index contributed by atoms with van der Waals surface area (Å²) in [4.78, 5) is 21.0. The van der Waals surface area contributed by atoms with E-state index in [9.17, 15) is 4.79 Å². The van der Waals surface area contributed by atoms with Crippen LogP contribution in [0.4, 0.5) is 5.13 Å². The Morgan fingerprint density at radius 2 is 2.18 bits per heavy atom. The fourth-order valence-corrected chi connectivity index (χ4v) is 3.97. The normalized spacial score (nSPS) is 23.0. The molecule has 0 N–H and O–H groups in total. The quantitative estimate of drug-likeness (QED) is 0.841. The molecule has 2 aliphatic rings. The molecule has 0 bridgehead atoms. The topological polar surface area (TPSA) is 58.6 Å². The molecule has 2 fully saturated rings. The third-order valence-electron chi connectivity index (χ3n) is 4.59. The van der Waals surface area contributed by atoms with Crippen LogP contribution in [0.2, 0.25) is 0 Å². The lowest BCUT2D eigenvalue weighted by Crippen LogP contribution is -2.41. The zero-order chi connectivity index (χ0) is 15.5. The molecule has 1 aromatic heterocycles. The van der Waals surface area contributed by atoms with Crippen LogP contribution in [0, 0.1) is 18.8 Å². The first kappa shape index (κ1) is 15.7. The Balaban J connectivity index is 1.46. The molecular weight excluding hydrogens is 300 g/mol. The van der Waals surface area contributed by atoms with Crippen molar-refractivity contribution < 1.29 is 9.53 Å². The minimum atomic E-state index is 0.0782. The summed E-state index contributed by atoms with van der Waals surface area (Å²) in [6.07, 6.45) is 3.09. The molecular formula is C15H24N4O2S. The number of piperidine rings is 1.